The number of hydrogen-bond acceptors (Lipinski definition) is 6. The second kappa shape index (κ2) is 8.45. The zero-order valence-electron chi connectivity index (χ0n) is 17.1. The third kappa shape index (κ3) is 4.26. The van der Waals surface area contributed by atoms with Crippen molar-refractivity contribution in [2.45, 2.75) is 30.5 Å². The number of carbonyl (C=O) groups is 1. The number of alkyl halides is 3. The van der Waals surface area contributed by atoms with Gasteiger partial charge in [-0.25, -0.2) is 9.48 Å². The molecule has 3 heterocycles. The highest BCUT2D eigenvalue weighted by molar-refractivity contribution is 5.89. The lowest BCUT2D eigenvalue weighted by molar-refractivity contribution is -0.137. The summed E-state index contributed by atoms with van der Waals surface area (Å²) in [6.07, 6.45) is -5.34. The second-order valence-electron chi connectivity index (χ2n) is 7.76. The van der Waals surface area contributed by atoms with Gasteiger partial charge in [0.1, 0.15) is 18.2 Å². The van der Waals surface area contributed by atoms with Crippen LogP contribution in [0, 0.1) is 0 Å². The van der Waals surface area contributed by atoms with Gasteiger partial charge in [-0.15, -0.1) is 5.10 Å². The van der Waals surface area contributed by atoms with Crippen LogP contribution in [0.15, 0.2) is 54.6 Å². The van der Waals surface area contributed by atoms with Gasteiger partial charge in [-0.2, -0.15) is 13.2 Å². The number of amides is 2. The molecule has 0 aliphatic carbocycles. The molecule has 0 saturated carbocycles. The van der Waals surface area contributed by atoms with Gasteiger partial charge in [0, 0.05) is 11.3 Å². The molecule has 5 rings (SSSR count). The maximum absolute atomic E-state index is 12.9. The average Bonchev–Trinajstić information content (AvgIpc) is 3.51. The standard InChI is InChI=1S/C21H19F3N6O3/c22-21(23,24)13-7-4-8-14(9-13)25-20(31)26-15-10-32-18-16(11-33-17(15)18)30-19(27-28-29-30)12-5-2-1-3-6-12/h1-9,15-18H,10-11H2,(H2,25,26,31). The van der Waals surface area contributed by atoms with Crippen molar-refractivity contribution < 1.29 is 27.4 Å². The predicted molar refractivity (Wildman–Crippen MR) is 109 cm³/mol. The van der Waals surface area contributed by atoms with E-state index >= 15 is 0 Å². The molecule has 0 bridgehead atoms. The summed E-state index contributed by atoms with van der Waals surface area (Å²) in [6, 6.07) is 12.5. The minimum absolute atomic E-state index is 0.0317. The van der Waals surface area contributed by atoms with Crippen molar-refractivity contribution in [3.05, 3.63) is 60.2 Å². The van der Waals surface area contributed by atoms with Crippen molar-refractivity contribution in [2.24, 2.45) is 0 Å². The van der Waals surface area contributed by atoms with Crippen LogP contribution < -0.4 is 10.6 Å². The molecule has 12 heteroatoms. The lowest BCUT2D eigenvalue weighted by atomic mass is 10.1. The lowest BCUT2D eigenvalue weighted by Gasteiger charge is -2.18. The van der Waals surface area contributed by atoms with E-state index in [9.17, 15) is 18.0 Å². The molecule has 2 fully saturated rings. The Morgan fingerprint density at radius 3 is 2.61 bits per heavy atom. The van der Waals surface area contributed by atoms with Crippen LogP contribution in [0.2, 0.25) is 0 Å². The molecular formula is C21H19F3N6O3. The number of anilines is 1. The van der Waals surface area contributed by atoms with Gasteiger partial charge >= 0.3 is 12.2 Å². The summed E-state index contributed by atoms with van der Waals surface area (Å²) in [7, 11) is 0. The normalized spacial score (nSPS) is 24.5. The molecule has 2 aliphatic rings. The molecule has 0 radical (unpaired) electrons. The van der Waals surface area contributed by atoms with E-state index in [2.05, 4.69) is 26.2 Å². The summed E-state index contributed by atoms with van der Waals surface area (Å²) in [5.74, 6) is 0.576. The van der Waals surface area contributed by atoms with Crippen molar-refractivity contribution in [1.82, 2.24) is 25.5 Å². The molecule has 4 unspecified atom stereocenters. The fourth-order valence-electron chi connectivity index (χ4n) is 4.12. The van der Waals surface area contributed by atoms with Gasteiger partial charge in [0.05, 0.1) is 24.8 Å². The summed E-state index contributed by atoms with van der Waals surface area (Å²) in [5, 5.41) is 17.2. The lowest BCUT2D eigenvalue weighted by Crippen LogP contribution is -2.45. The van der Waals surface area contributed by atoms with E-state index in [0.717, 1.165) is 17.7 Å². The fraction of sp³-hybridized carbons (Fsp3) is 0.333. The van der Waals surface area contributed by atoms with Gasteiger partial charge in [0.2, 0.25) is 0 Å². The summed E-state index contributed by atoms with van der Waals surface area (Å²) in [6.45, 7) is 0.471. The van der Waals surface area contributed by atoms with E-state index in [4.69, 9.17) is 9.47 Å². The highest BCUT2D eigenvalue weighted by Crippen LogP contribution is 2.36. The molecule has 3 aromatic rings. The smallest absolute Gasteiger partial charge is 0.371 e. The SMILES string of the molecule is O=C(Nc1cccc(C(F)(F)F)c1)NC1COC2C1OCC2n1nnnc1-c1ccccc1. The second-order valence-corrected chi connectivity index (χ2v) is 7.76. The van der Waals surface area contributed by atoms with Crippen LogP contribution in [0.3, 0.4) is 0 Å². The first-order chi connectivity index (χ1) is 15.9. The van der Waals surface area contributed by atoms with Crippen molar-refractivity contribution in [1.29, 1.82) is 0 Å². The van der Waals surface area contributed by atoms with Crippen LogP contribution in [-0.4, -0.2) is 57.7 Å². The van der Waals surface area contributed by atoms with Gasteiger partial charge < -0.3 is 20.1 Å². The van der Waals surface area contributed by atoms with Gasteiger partial charge in [0.15, 0.2) is 5.82 Å². The molecule has 1 aromatic heterocycles. The number of ether oxygens (including phenoxy) is 2. The molecule has 2 amide bonds. The Morgan fingerprint density at radius 1 is 1.03 bits per heavy atom. The number of tetrazole rings is 1. The van der Waals surface area contributed by atoms with Gasteiger partial charge in [-0.05, 0) is 28.6 Å². The first kappa shape index (κ1) is 21.3. The maximum atomic E-state index is 12.9. The van der Waals surface area contributed by atoms with Crippen LogP contribution in [0.25, 0.3) is 11.4 Å². The third-order valence-electron chi connectivity index (χ3n) is 5.63. The largest absolute Gasteiger partial charge is 0.416 e. The molecule has 2 aliphatic heterocycles. The number of nitrogens with zero attached hydrogens (tertiary/aromatic N) is 4. The Bertz CT molecular complexity index is 1140. The maximum Gasteiger partial charge on any atom is 0.416 e. The highest BCUT2D eigenvalue weighted by atomic mass is 19.4. The Morgan fingerprint density at radius 2 is 1.82 bits per heavy atom. The number of hydrogen-bond donors (Lipinski definition) is 2. The molecular weight excluding hydrogens is 441 g/mol. The first-order valence-electron chi connectivity index (χ1n) is 10.2. The molecule has 4 atom stereocenters. The highest BCUT2D eigenvalue weighted by Gasteiger charge is 2.50. The van der Waals surface area contributed by atoms with E-state index in [-0.39, 0.29) is 24.9 Å². The van der Waals surface area contributed by atoms with Crippen LogP contribution in [0.4, 0.5) is 23.7 Å². The monoisotopic (exact) mass is 460 g/mol. The van der Waals surface area contributed by atoms with Crippen LogP contribution in [0.1, 0.15) is 11.6 Å². The summed E-state index contributed by atoms with van der Waals surface area (Å²) < 4.78 is 52.1. The summed E-state index contributed by atoms with van der Waals surface area (Å²) in [5.41, 5.74) is 0.0329. The third-order valence-corrected chi connectivity index (χ3v) is 5.63. The average molecular weight is 460 g/mol. The van der Waals surface area contributed by atoms with Crippen molar-refractivity contribution >= 4 is 11.7 Å². The molecule has 0 spiro atoms. The topological polar surface area (TPSA) is 103 Å². The number of rotatable bonds is 4. The van der Waals surface area contributed by atoms with Crippen molar-refractivity contribution in [3.8, 4) is 11.4 Å². The Kier molecular flexibility index (Phi) is 5.46. The molecule has 172 valence electrons. The van der Waals surface area contributed by atoms with E-state index in [1.165, 1.54) is 12.1 Å². The van der Waals surface area contributed by atoms with Crippen LogP contribution in [0.5, 0.6) is 0 Å². The minimum Gasteiger partial charge on any atom is -0.371 e. The fourth-order valence-corrected chi connectivity index (χ4v) is 4.12. The van der Waals surface area contributed by atoms with E-state index in [1.807, 2.05) is 30.3 Å². The van der Waals surface area contributed by atoms with Gasteiger partial charge in [-0.3, -0.25) is 0 Å². The van der Waals surface area contributed by atoms with Gasteiger partial charge in [0.25, 0.3) is 0 Å². The van der Waals surface area contributed by atoms with E-state index in [0.29, 0.717) is 5.82 Å². The number of aromatic nitrogens is 4. The summed E-state index contributed by atoms with van der Waals surface area (Å²) in [4.78, 5) is 12.4. The quantitative estimate of drug-likeness (QED) is 0.621. The van der Waals surface area contributed by atoms with Crippen LogP contribution >= 0.6 is 0 Å². The van der Waals surface area contributed by atoms with Crippen molar-refractivity contribution in [2.75, 3.05) is 18.5 Å². The number of fused-ring (bicyclic) bond motifs is 1. The predicted octanol–water partition coefficient (Wildman–Crippen LogP) is 2.89. The Labute approximate surface area is 185 Å². The number of carbonyl (C=O) groups excluding carboxylic acids is 1. The van der Waals surface area contributed by atoms with Crippen LogP contribution in [-0.2, 0) is 15.7 Å². The minimum atomic E-state index is -4.50. The molecule has 2 N–H and O–H groups in total. The van der Waals surface area contributed by atoms with E-state index in [1.54, 1.807) is 4.68 Å². The number of urea groups is 1. The number of halogens is 3. The Hall–Kier alpha value is -3.51. The molecule has 33 heavy (non-hydrogen) atoms. The first-order valence-corrected chi connectivity index (χ1v) is 10.2. The molecule has 9 nitrogen and oxygen atoms in total. The zero-order chi connectivity index (χ0) is 23.0. The zero-order valence-corrected chi connectivity index (χ0v) is 17.1. The number of benzene rings is 2. The summed E-state index contributed by atoms with van der Waals surface area (Å²) >= 11 is 0. The van der Waals surface area contributed by atoms with Gasteiger partial charge in [-0.1, -0.05) is 36.4 Å². The van der Waals surface area contributed by atoms with E-state index < -0.39 is 36.0 Å². The molecule has 2 saturated heterocycles. The van der Waals surface area contributed by atoms with Crippen molar-refractivity contribution in [3.63, 3.8) is 0 Å². The Balaban J connectivity index is 1.25. The molecule has 2 aromatic carbocycles. The number of nitrogens with one attached hydrogen (secondary N) is 2.